The highest BCUT2D eigenvalue weighted by molar-refractivity contribution is 5.73. The van der Waals surface area contributed by atoms with Crippen molar-refractivity contribution >= 4 is 12.2 Å². The van der Waals surface area contributed by atoms with E-state index in [0.29, 0.717) is 0 Å². The summed E-state index contributed by atoms with van der Waals surface area (Å²) in [6, 6.07) is 7.68. The molecule has 0 saturated carbocycles. The van der Waals surface area contributed by atoms with Gasteiger partial charge in [0.15, 0.2) is 11.6 Å². The van der Waals surface area contributed by atoms with Crippen LogP contribution in [0.3, 0.4) is 0 Å². The van der Waals surface area contributed by atoms with E-state index in [0.717, 1.165) is 17.3 Å². The number of benzene rings is 1. The Morgan fingerprint density at radius 2 is 2.10 bits per heavy atom. The number of aliphatic imine (C=N–C) groups is 1. The van der Waals surface area contributed by atoms with Gasteiger partial charge in [0.05, 0.1) is 12.9 Å². The molecule has 2 aromatic rings. The van der Waals surface area contributed by atoms with Crippen LogP contribution in [-0.2, 0) is 6.54 Å². The first-order valence-corrected chi connectivity index (χ1v) is 6.10. The first-order valence-electron chi connectivity index (χ1n) is 6.10. The van der Waals surface area contributed by atoms with E-state index in [9.17, 15) is 9.18 Å². The quantitative estimate of drug-likeness (QED) is 0.683. The highest BCUT2D eigenvalue weighted by atomic mass is 19.1. The number of rotatable bonds is 4. The van der Waals surface area contributed by atoms with Gasteiger partial charge in [0.1, 0.15) is 0 Å². The summed E-state index contributed by atoms with van der Waals surface area (Å²) in [5, 5.41) is 2.51. The number of hydrogen-bond acceptors (Lipinski definition) is 3. The van der Waals surface area contributed by atoms with E-state index in [2.05, 4.69) is 15.3 Å². The largest absolute Gasteiger partial charge is 0.350 e. The maximum Gasteiger partial charge on any atom is 0.350 e. The zero-order valence-electron chi connectivity index (χ0n) is 11.3. The van der Waals surface area contributed by atoms with E-state index in [-0.39, 0.29) is 12.4 Å². The Bertz CT molecular complexity index is 677. The van der Waals surface area contributed by atoms with Crippen LogP contribution in [0.4, 0.5) is 10.2 Å². The van der Waals surface area contributed by atoms with Crippen LogP contribution in [0, 0.1) is 12.7 Å². The summed E-state index contributed by atoms with van der Waals surface area (Å²) in [6.45, 7) is 2.26. The van der Waals surface area contributed by atoms with Crippen LogP contribution in [0.5, 0.6) is 0 Å². The fourth-order valence-electron chi connectivity index (χ4n) is 1.70. The number of nitrogens with one attached hydrogen (secondary N) is 1. The molecular weight excluding hydrogens is 259 g/mol. The maximum atomic E-state index is 13.8. The van der Waals surface area contributed by atoms with E-state index >= 15 is 0 Å². The molecule has 0 bridgehead atoms. The molecular formula is C14H15FN4O. The van der Waals surface area contributed by atoms with Crippen molar-refractivity contribution in [2.45, 2.75) is 13.5 Å². The smallest absolute Gasteiger partial charge is 0.329 e. The molecule has 0 unspecified atom stereocenters. The van der Waals surface area contributed by atoms with E-state index < -0.39 is 11.5 Å². The molecule has 0 saturated heterocycles. The van der Waals surface area contributed by atoms with Crippen molar-refractivity contribution < 1.29 is 4.39 Å². The molecule has 1 aromatic carbocycles. The number of aromatic nitrogens is 2. The lowest BCUT2D eigenvalue weighted by atomic mass is 10.1. The van der Waals surface area contributed by atoms with E-state index in [1.165, 1.54) is 18.0 Å². The lowest BCUT2D eigenvalue weighted by Gasteiger charge is -2.08. The summed E-state index contributed by atoms with van der Waals surface area (Å²) in [7, 11) is 1.53. The SMILES string of the molecule is CN=CNc1nc(=O)n(Cc2ccc(C)cc2)cc1F. The molecule has 1 aromatic heterocycles. The van der Waals surface area contributed by atoms with Gasteiger partial charge in [-0.1, -0.05) is 29.8 Å². The van der Waals surface area contributed by atoms with E-state index in [1.54, 1.807) is 0 Å². The molecule has 0 radical (unpaired) electrons. The van der Waals surface area contributed by atoms with Gasteiger partial charge in [-0.25, -0.2) is 9.18 Å². The molecule has 0 aliphatic heterocycles. The molecule has 0 fully saturated rings. The average Bonchev–Trinajstić information content (AvgIpc) is 2.43. The van der Waals surface area contributed by atoms with Crippen LogP contribution in [0.15, 0.2) is 40.2 Å². The predicted molar refractivity (Wildman–Crippen MR) is 76.8 cm³/mol. The second-order valence-corrected chi connectivity index (χ2v) is 4.37. The molecule has 2 rings (SSSR count). The monoisotopic (exact) mass is 274 g/mol. The fourth-order valence-corrected chi connectivity index (χ4v) is 1.70. The molecule has 0 amide bonds. The predicted octanol–water partition coefficient (Wildman–Crippen LogP) is 1.81. The Morgan fingerprint density at radius 3 is 2.75 bits per heavy atom. The van der Waals surface area contributed by atoms with Gasteiger partial charge in [-0.15, -0.1) is 0 Å². The van der Waals surface area contributed by atoms with Crippen molar-refractivity contribution in [1.82, 2.24) is 9.55 Å². The van der Waals surface area contributed by atoms with Crippen LogP contribution < -0.4 is 11.0 Å². The van der Waals surface area contributed by atoms with Gasteiger partial charge in [-0.05, 0) is 12.5 Å². The third kappa shape index (κ3) is 3.28. The zero-order valence-corrected chi connectivity index (χ0v) is 11.3. The Kier molecular flexibility index (Phi) is 4.24. The molecule has 0 aliphatic rings. The Morgan fingerprint density at radius 1 is 1.40 bits per heavy atom. The van der Waals surface area contributed by atoms with E-state index in [1.807, 2.05) is 31.2 Å². The highest BCUT2D eigenvalue weighted by Crippen LogP contribution is 2.08. The summed E-state index contributed by atoms with van der Waals surface area (Å²) < 4.78 is 15.0. The number of hydrogen-bond donors (Lipinski definition) is 1. The van der Waals surface area contributed by atoms with Gasteiger partial charge in [0, 0.05) is 13.2 Å². The first-order chi connectivity index (χ1) is 9.60. The van der Waals surface area contributed by atoms with Crippen molar-refractivity contribution in [3.63, 3.8) is 0 Å². The van der Waals surface area contributed by atoms with Crippen LogP contribution in [0.25, 0.3) is 0 Å². The fraction of sp³-hybridized carbons (Fsp3) is 0.214. The minimum absolute atomic E-state index is 0.124. The van der Waals surface area contributed by atoms with Crippen molar-refractivity contribution in [2.75, 3.05) is 12.4 Å². The summed E-state index contributed by atoms with van der Waals surface area (Å²) in [5.74, 6) is -0.725. The Hall–Kier alpha value is -2.50. The second-order valence-electron chi connectivity index (χ2n) is 4.37. The van der Waals surface area contributed by atoms with Crippen LogP contribution in [0.1, 0.15) is 11.1 Å². The van der Waals surface area contributed by atoms with Gasteiger partial charge >= 0.3 is 5.69 Å². The van der Waals surface area contributed by atoms with Gasteiger partial charge < -0.3 is 5.32 Å². The lowest BCUT2D eigenvalue weighted by Crippen LogP contribution is -2.25. The molecule has 1 heterocycles. The standard InChI is InChI=1S/C14H15FN4O/c1-10-3-5-11(6-4-10)7-19-8-12(15)13(17-9-16-2)18-14(19)20/h3-6,8-9H,7H2,1-2H3,(H,16,17,18,20). The summed E-state index contributed by atoms with van der Waals surface area (Å²) in [6.07, 6.45) is 2.41. The van der Waals surface area contributed by atoms with Gasteiger partial charge in [0.2, 0.25) is 0 Å². The molecule has 104 valence electrons. The summed E-state index contributed by atoms with van der Waals surface area (Å²) >= 11 is 0. The summed E-state index contributed by atoms with van der Waals surface area (Å²) in [4.78, 5) is 19.1. The lowest BCUT2D eigenvalue weighted by molar-refractivity contribution is 0.586. The third-order valence-corrected chi connectivity index (χ3v) is 2.75. The van der Waals surface area contributed by atoms with Crippen LogP contribution in [0.2, 0.25) is 0 Å². The minimum Gasteiger partial charge on any atom is -0.329 e. The van der Waals surface area contributed by atoms with E-state index in [4.69, 9.17) is 0 Å². The number of anilines is 1. The van der Waals surface area contributed by atoms with Gasteiger partial charge in [-0.3, -0.25) is 9.56 Å². The molecule has 6 heteroatoms. The van der Waals surface area contributed by atoms with Crippen molar-refractivity contribution in [3.8, 4) is 0 Å². The third-order valence-electron chi connectivity index (χ3n) is 2.75. The molecule has 20 heavy (non-hydrogen) atoms. The van der Waals surface area contributed by atoms with Gasteiger partial charge in [-0.2, -0.15) is 4.98 Å². The van der Waals surface area contributed by atoms with Crippen LogP contribution in [-0.4, -0.2) is 22.9 Å². The number of nitrogens with zero attached hydrogens (tertiary/aromatic N) is 3. The highest BCUT2D eigenvalue weighted by Gasteiger charge is 2.07. The first kappa shape index (κ1) is 13.9. The number of aryl methyl sites for hydroxylation is 1. The molecule has 5 nitrogen and oxygen atoms in total. The van der Waals surface area contributed by atoms with Crippen molar-refractivity contribution in [2.24, 2.45) is 4.99 Å². The molecule has 0 atom stereocenters. The Labute approximate surface area is 115 Å². The number of halogens is 1. The van der Waals surface area contributed by atoms with Crippen LogP contribution >= 0.6 is 0 Å². The maximum absolute atomic E-state index is 13.8. The van der Waals surface area contributed by atoms with Gasteiger partial charge in [0.25, 0.3) is 0 Å². The second kappa shape index (κ2) is 6.10. The summed E-state index contributed by atoms with van der Waals surface area (Å²) in [5.41, 5.74) is 1.53. The van der Waals surface area contributed by atoms with Crippen molar-refractivity contribution in [1.29, 1.82) is 0 Å². The normalized spacial score (nSPS) is 10.9. The molecule has 0 aliphatic carbocycles. The molecule has 1 N–H and O–H groups in total. The zero-order chi connectivity index (χ0) is 14.5. The topological polar surface area (TPSA) is 59.3 Å². The minimum atomic E-state index is -0.600. The Balaban J connectivity index is 2.27. The average molecular weight is 274 g/mol. The molecule has 0 spiro atoms. The van der Waals surface area contributed by atoms with Crippen molar-refractivity contribution in [3.05, 3.63) is 57.9 Å².